The van der Waals surface area contributed by atoms with Gasteiger partial charge in [0.1, 0.15) is 16.0 Å². The van der Waals surface area contributed by atoms with Crippen LogP contribution in [0.5, 0.6) is 5.88 Å². The predicted octanol–water partition coefficient (Wildman–Crippen LogP) is 3.24. The fraction of sp³-hybridized carbons (Fsp3) is 0.292. The SMILES string of the molecule is CCOCCCn1c(O)c(C(=O)CN2C(=O)/C(=C/c3ccccc3)SC2=S)c(C)c(C#N)c1=O. The van der Waals surface area contributed by atoms with Crippen molar-refractivity contribution in [1.29, 1.82) is 5.26 Å². The molecule has 10 heteroatoms. The van der Waals surface area contributed by atoms with Gasteiger partial charge in [0, 0.05) is 19.8 Å². The number of pyridine rings is 1. The number of benzene rings is 1. The predicted molar refractivity (Wildman–Crippen MR) is 134 cm³/mol. The first-order valence-electron chi connectivity index (χ1n) is 10.6. The van der Waals surface area contributed by atoms with E-state index in [1.54, 1.807) is 6.08 Å². The van der Waals surface area contributed by atoms with E-state index in [-0.39, 0.29) is 27.6 Å². The number of aromatic nitrogens is 1. The Balaban J connectivity index is 1.90. The summed E-state index contributed by atoms with van der Waals surface area (Å²) in [4.78, 5) is 40.3. The van der Waals surface area contributed by atoms with Crippen molar-refractivity contribution >= 4 is 46.1 Å². The van der Waals surface area contributed by atoms with Gasteiger partial charge in [0.15, 0.2) is 5.78 Å². The van der Waals surface area contributed by atoms with Crippen LogP contribution in [0.15, 0.2) is 40.0 Å². The van der Waals surface area contributed by atoms with Crippen LogP contribution in [0.1, 0.15) is 40.4 Å². The third-order valence-corrected chi connectivity index (χ3v) is 6.60. The summed E-state index contributed by atoms with van der Waals surface area (Å²) in [6, 6.07) is 11.1. The molecule has 3 rings (SSSR count). The second-order valence-electron chi connectivity index (χ2n) is 7.42. The van der Waals surface area contributed by atoms with E-state index in [0.29, 0.717) is 24.5 Å². The topological polar surface area (TPSA) is 113 Å². The zero-order valence-electron chi connectivity index (χ0n) is 18.7. The highest BCUT2D eigenvalue weighted by molar-refractivity contribution is 8.26. The van der Waals surface area contributed by atoms with E-state index in [2.05, 4.69) is 0 Å². The second-order valence-corrected chi connectivity index (χ2v) is 9.10. The van der Waals surface area contributed by atoms with Gasteiger partial charge in [-0.3, -0.25) is 23.9 Å². The Bertz CT molecular complexity index is 1260. The Morgan fingerprint density at radius 3 is 2.65 bits per heavy atom. The molecule has 1 aromatic heterocycles. The van der Waals surface area contributed by atoms with Crippen LogP contribution in [0, 0.1) is 18.3 Å². The maximum atomic E-state index is 13.2. The molecule has 1 aromatic carbocycles. The van der Waals surface area contributed by atoms with Crippen molar-refractivity contribution in [3.63, 3.8) is 0 Å². The van der Waals surface area contributed by atoms with Gasteiger partial charge in [0.05, 0.1) is 17.0 Å². The third kappa shape index (κ3) is 5.28. The summed E-state index contributed by atoms with van der Waals surface area (Å²) >= 11 is 6.40. The summed E-state index contributed by atoms with van der Waals surface area (Å²) in [6.07, 6.45) is 2.10. The van der Waals surface area contributed by atoms with Gasteiger partial charge in [0.25, 0.3) is 11.5 Å². The molecule has 0 spiro atoms. The third-order valence-electron chi connectivity index (χ3n) is 5.23. The molecular formula is C24H23N3O5S2. The number of thioether (sulfide) groups is 1. The van der Waals surface area contributed by atoms with Crippen LogP contribution in [0.4, 0.5) is 0 Å². The second kappa shape index (κ2) is 11.2. The quantitative estimate of drug-likeness (QED) is 0.243. The highest BCUT2D eigenvalue weighted by Gasteiger charge is 2.35. The number of nitrogens with zero attached hydrogens (tertiary/aromatic N) is 3. The number of amides is 1. The van der Waals surface area contributed by atoms with Crippen molar-refractivity contribution < 1.29 is 19.4 Å². The van der Waals surface area contributed by atoms with Gasteiger partial charge >= 0.3 is 0 Å². The lowest BCUT2D eigenvalue weighted by Gasteiger charge is -2.18. The molecule has 2 aromatic rings. The summed E-state index contributed by atoms with van der Waals surface area (Å²) in [6.45, 7) is 3.77. The van der Waals surface area contributed by atoms with Gasteiger partial charge < -0.3 is 9.84 Å². The van der Waals surface area contributed by atoms with Gasteiger partial charge in [0.2, 0.25) is 5.88 Å². The standard InChI is InChI=1S/C24H23N3O5S2/c1-3-32-11-7-10-26-21(29)17(13-25)15(2)20(23(26)31)18(28)14-27-22(30)19(34-24(27)33)12-16-8-5-4-6-9-16/h4-6,8-9,12,31H,3,7,10-11,14H2,1-2H3/b19-12-. The fourth-order valence-corrected chi connectivity index (χ4v) is 4.78. The van der Waals surface area contributed by atoms with Crippen LogP contribution in [0.2, 0.25) is 0 Å². The van der Waals surface area contributed by atoms with Crippen molar-refractivity contribution in [3.8, 4) is 11.9 Å². The molecule has 0 radical (unpaired) electrons. The zero-order chi connectivity index (χ0) is 24.8. The summed E-state index contributed by atoms with van der Waals surface area (Å²) < 4.78 is 6.47. The summed E-state index contributed by atoms with van der Waals surface area (Å²) in [7, 11) is 0. The molecule has 0 unspecified atom stereocenters. The largest absolute Gasteiger partial charge is 0.494 e. The Morgan fingerprint density at radius 2 is 2.00 bits per heavy atom. The molecule has 1 aliphatic heterocycles. The van der Waals surface area contributed by atoms with Gasteiger partial charge in [-0.1, -0.05) is 54.3 Å². The molecule has 1 amide bonds. The fourth-order valence-electron chi connectivity index (χ4n) is 3.52. The molecule has 0 aliphatic carbocycles. The lowest BCUT2D eigenvalue weighted by molar-refractivity contribution is -0.121. The van der Waals surface area contributed by atoms with Crippen molar-refractivity contribution in [2.24, 2.45) is 0 Å². The normalized spacial score (nSPS) is 14.6. The van der Waals surface area contributed by atoms with Crippen molar-refractivity contribution in [1.82, 2.24) is 9.47 Å². The number of thiocarbonyl (C=S) groups is 1. The smallest absolute Gasteiger partial charge is 0.271 e. The first-order valence-corrected chi connectivity index (χ1v) is 11.8. The molecule has 0 saturated carbocycles. The molecule has 34 heavy (non-hydrogen) atoms. The number of ketones is 1. The summed E-state index contributed by atoms with van der Waals surface area (Å²) in [5.74, 6) is -1.58. The minimum absolute atomic E-state index is 0.0702. The number of carbonyl (C=O) groups is 2. The van der Waals surface area contributed by atoms with E-state index in [9.17, 15) is 24.8 Å². The monoisotopic (exact) mass is 497 g/mol. The first-order chi connectivity index (χ1) is 16.3. The molecule has 1 N–H and O–H groups in total. The van der Waals surface area contributed by atoms with E-state index in [1.807, 2.05) is 43.3 Å². The first kappa shape index (κ1) is 25.4. The molecule has 8 nitrogen and oxygen atoms in total. The Labute approximate surface area is 206 Å². The van der Waals surface area contributed by atoms with E-state index in [1.165, 1.54) is 6.92 Å². The zero-order valence-corrected chi connectivity index (χ0v) is 20.4. The van der Waals surface area contributed by atoms with Crippen LogP contribution >= 0.6 is 24.0 Å². The maximum Gasteiger partial charge on any atom is 0.271 e. The van der Waals surface area contributed by atoms with Crippen LogP contribution < -0.4 is 5.56 Å². The van der Waals surface area contributed by atoms with Crippen LogP contribution in [0.25, 0.3) is 6.08 Å². The molecule has 1 fully saturated rings. The summed E-state index contributed by atoms with van der Waals surface area (Å²) in [5.41, 5.74) is -0.190. The van der Waals surface area contributed by atoms with Gasteiger partial charge in [-0.05, 0) is 37.5 Å². The average Bonchev–Trinajstić information content (AvgIpc) is 3.06. The minimum Gasteiger partial charge on any atom is -0.494 e. The van der Waals surface area contributed by atoms with Crippen LogP contribution in [-0.4, -0.2) is 50.3 Å². The Morgan fingerprint density at radius 1 is 1.29 bits per heavy atom. The molecule has 1 aliphatic rings. The Hall–Kier alpha value is -3.26. The van der Waals surface area contributed by atoms with E-state index < -0.39 is 29.7 Å². The molecule has 0 atom stereocenters. The number of hydrogen-bond acceptors (Lipinski definition) is 8. The highest BCUT2D eigenvalue weighted by Crippen LogP contribution is 2.33. The number of aromatic hydroxyl groups is 1. The molecule has 1 saturated heterocycles. The highest BCUT2D eigenvalue weighted by atomic mass is 32.2. The molecule has 2 heterocycles. The number of ether oxygens (including phenoxy) is 1. The van der Waals surface area contributed by atoms with Gasteiger partial charge in [-0.25, -0.2) is 0 Å². The molecule has 176 valence electrons. The average molecular weight is 498 g/mol. The Kier molecular flexibility index (Phi) is 8.39. The van der Waals surface area contributed by atoms with Crippen molar-refractivity contribution in [2.75, 3.05) is 19.8 Å². The number of Topliss-reactive ketones (excluding diaryl/α,β-unsaturated/α-hetero) is 1. The van der Waals surface area contributed by atoms with Gasteiger partial charge in [-0.2, -0.15) is 5.26 Å². The lowest BCUT2D eigenvalue weighted by atomic mass is 10.0. The van der Waals surface area contributed by atoms with Crippen molar-refractivity contribution in [3.05, 3.63) is 67.8 Å². The molecule has 0 bridgehead atoms. The summed E-state index contributed by atoms with van der Waals surface area (Å²) in [5, 5.41) is 20.3. The molecular weight excluding hydrogens is 474 g/mol. The van der Waals surface area contributed by atoms with Gasteiger partial charge in [-0.15, -0.1) is 0 Å². The maximum absolute atomic E-state index is 13.2. The van der Waals surface area contributed by atoms with Crippen molar-refractivity contribution in [2.45, 2.75) is 26.8 Å². The number of rotatable bonds is 9. The number of carbonyl (C=O) groups excluding carboxylic acids is 2. The lowest BCUT2D eigenvalue weighted by Crippen LogP contribution is -2.35. The van der Waals surface area contributed by atoms with E-state index in [0.717, 1.165) is 26.8 Å². The number of hydrogen-bond donors (Lipinski definition) is 1. The van der Waals surface area contributed by atoms with E-state index >= 15 is 0 Å². The van der Waals surface area contributed by atoms with E-state index in [4.69, 9.17) is 17.0 Å². The van der Waals surface area contributed by atoms with Crippen LogP contribution in [0.3, 0.4) is 0 Å². The number of nitriles is 1. The minimum atomic E-state index is -0.679. The van der Waals surface area contributed by atoms with Crippen LogP contribution in [-0.2, 0) is 16.1 Å².